The van der Waals surface area contributed by atoms with Gasteiger partial charge in [0.1, 0.15) is 11.9 Å². The molecule has 4 atom stereocenters. The minimum absolute atomic E-state index is 0.0630. The summed E-state index contributed by atoms with van der Waals surface area (Å²) in [6, 6.07) is 0. The highest BCUT2D eigenvalue weighted by molar-refractivity contribution is 7.09. The lowest BCUT2D eigenvalue weighted by Gasteiger charge is -2.31. The van der Waals surface area contributed by atoms with Crippen molar-refractivity contribution in [3.8, 4) is 0 Å². The number of ether oxygens (including phenoxy) is 1. The van der Waals surface area contributed by atoms with Gasteiger partial charge in [0, 0.05) is 35.1 Å². The number of allylic oxidation sites excluding steroid dienone is 1. The van der Waals surface area contributed by atoms with Crippen LogP contribution < -0.4 is 0 Å². The number of nitrogens with zero attached hydrogens (tertiary/aromatic N) is 1. The molecule has 202 valence electrons. The van der Waals surface area contributed by atoms with Gasteiger partial charge in [0.05, 0.1) is 16.8 Å². The van der Waals surface area contributed by atoms with Crippen molar-refractivity contribution in [1.82, 2.24) is 4.98 Å². The van der Waals surface area contributed by atoms with Crippen molar-refractivity contribution in [2.75, 3.05) is 0 Å². The molecule has 0 saturated heterocycles. The second kappa shape index (κ2) is 12.5. The number of alkyl halides is 3. The number of hydrogen-bond acceptors (Lipinski definition) is 6. The zero-order valence-corrected chi connectivity index (χ0v) is 22.8. The molecule has 0 spiro atoms. The number of carbonyl (C=O) groups excluding carboxylic acids is 2. The fourth-order valence-electron chi connectivity index (χ4n) is 4.51. The summed E-state index contributed by atoms with van der Waals surface area (Å²) in [7, 11) is 0. The first-order valence-corrected chi connectivity index (χ1v) is 13.3. The second-order valence-electron chi connectivity index (χ2n) is 10.5. The van der Waals surface area contributed by atoms with Crippen molar-refractivity contribution in [2.24, 2.45) is 17.3 Å². The Balaban J connectivity index is 2.40. The molecule has 0 amide bonds. The molecule has 1 aliphatic rings. The largest absolute Gasteiger partial charge is 0.457 e. The van der Waals surface area contributed by atoms with E-state index in [4.69, 9.17) is 4.74 Å². The maximum atomic E-state index is 13.8. The third kappa shape index (κ3) is 8.54. The van der Waals surface area contributed by atoms with Crippen molar-refractivity contribution < 1.29 is 32.6 Å². The first kappa shape index (κ1) is 30.2. The highest BCUT2D eigenvalue weighted by Crippen LogP contribution is 2.34. The summed E-state index contributed by atoms with van der Waals surface area (Å²) >= 11 is 1.45. The van der Waals surface area contributed by atoms with E-state index in [9.17, 15) is 27.9 Å². The van der Waals surface area contributed by atoms with Crippen LogP contribution in [0.25, 0.3) is 6.08 Å². The topological polar surface area (TPSA) is 76.5 Å². The molecule has 5 nitrogen and oxygen atoms in total. The summed E-state index contributed by atoms with van der Waals surface area (Å²) in [5.74, 6) is -1.80. The Morgan fingerprint density at radius 2 is 1.92 bits per heavy atom. The van der Waals surface area contributed by atoms with Gasteiger partial charge in [-0.1, -0.05) is 33.8 Å². The fraction of sp³-hybridized carbons (Fsp3) is 0.667. The number of rotatable bonds is 2. The maximum Gasteiger partial charge on any atom is 0.412 e. The standard InChI is InChI=1S/C27H38F3NO4S/c1-16-8-7-9-20(27(28,29)30)10-11-22(17(2)14-21-15-36-19(4)31-21)35-23(32)12-13-26(5,6)25(34)18(3)24(16)33/h10,14-16,18,22,24,33H,7-9,11-13H2,1-6H3/b17-14+,20-10+/t16-,18+,22-,24-/m0/s1. The van der Waals surface area contributed by atoms with E-state index < -0.39 is 41.3 Å². The lowest BCUT2D eigenvalue weighted by Crippen LogP contribution is -2.39. The molecule has 0 aliphatic carbocycles. The van der Waals surface area contributed by atoms with E-state index in [0.717, 1.165) is 11.1 Å². The molecular weight excluding hydrogens is 491 g/mol. The number of thiazole rings is 1. The van der Waals surface area contributed by atoms with E-state index >= 15 is 0 Å². The number of aliphatic hydroxyl groups excluding tert-OH is 1. The predicted octanol–water partition coefficient (Wildman–Crippen LogP) is 6.84. The van der Waals surface area contributed by atoms with E-state index in [1.807, 2.05) is 12.3 Å². The smallest absolute Gasteiger partial charge is 0.412 e. The molecule has 2 heterocycles. The van der Waals surface area contributed by atoms with Crippen molar-refractivity contribution in [3.63, 3.8) is 0 Å². The summed E-state index contributed by atoms with van der Waals surface area (Å²) in [4.78, 5) is 30.2. The van der Waals surface area contributed by atoms with Crippen molar-refractivity contribution in [3.05, 3.63) is 33.3 Å². The molecule has 1 aliphatic heterocycles. The first-order chi connectivity index (χ1) is 16.6. The molecular formula is C27H38F3NO4S. The Morgan fingerprint density at radius 3 is 2.50 bits per heavy atom. The van der Waals surface area contributed by atoms with Crippen LogP contribution in [-0.2, 0) is 14.3 Å². The van der Waals surface area contributed by atoms with Gasteiger partial charge in [-0.05, 0) is 57.1 Å². The number of ketones is 1. The molecule has 36 heavy (non-hydrogen) atoms. The molecule has 2 rings (SSSR count). The summed E-state index contributed by atoms with van der Waals surface area (Å²) in [5.41, 5.74) is -0.294. The van der Waals surface area contributed by atoms with Crippen LogP contribution in [0.15, 0.2) is 22.6 Å². The normalized spacial score (nSPS) is 29.4. The number of halogens is 3. The summed E-state index contributed by atoms with van der Waals surface area (Å²) < 4.78 is 46.9. The molecule has 9 heteroatoms. The van der Waals surface area contributed by atoms with Gasteiger partial charge in [0.15, 0.2) is 0 Å². The van der Waals surface area contributed by atoms with Crippen LogP contribution in [0.3, 0.4) is 0 Å². The quantitative estimate of drug-likeness (QED) is 0.335. The van der Waals surface area contributed by atoms with E-state index in [0.29, 0.717) is 17.7 Å². The van der Waals surface area contributed by atoms with Gasteiger partial charge < -0.3 is 9.84 Å². The molecule has 0 fully saturated rings. The number of aliphatic hydroxyl groups is 1. The number of aromatic nitrogens is 1. The van der Waals surface area contributed by atoms with Gasteiger partial charge >= 0.3 is 12.1 Å². The van der Waals surface area contributed by atoms with Gasteiger partial charge in [0.25, 0.3) is 0 Å². The molecule has 1 aromatic heterocycles. The zero-order valence-electron chi connectivity index (χ0n) is 21.9. The third-order valence-electron chi connectivity index (χ3n) is 6.97. The lowest BCUT2D eigenvalue weighted by molar-refractivity contribution is -0.148. The van der Waals surface area contributed by atoms with Gasteiger partial charge in [-0.2, -0.15) is 13.2 Å². The zero-order chi connectivity index (χ0) is 27.3. The average Bonchev–Trinajstić information content (AvgIpc) is 3.20. The van der Waals surface area contributed by atoms with Crippen LogP contribution in [-0.4, -0.2) is 40.2 Å². The highest BCUT2D eigenvalue weighted by atomic mass is 32.1. The van der Waals surface area contributed by atoms with Crippen molar-refractivity contribution in [1.29, 1.82) is 0 Å². The summed E-state index contributed by atoms with van der Waals surface area (Å²) in [6.45, 7) is 10.4. The molecule has 0 aromatic carbocycles. The molecule has 0 unspecified atom stereocenters. The monoisotopic (exact) mass is 529 g/mol. The van der Waals surface area contributed by atoms with Crippen LogP contribution in [0, 0.1) is 24.2 Å². The minimum atomic E-state index is -4.52. The predicted molar refractivity (Wildman–Crippen MR) is 135 cm³/mol. The number of hydrogen-bond donors (Lipinski definition) is 1. The van der Waals surface area contributed by atoms with Crippen LogP contribution in [0.4, 0.5) is 13.2 Å². The minimum Gasteiger partial charge on any atom is -0.457 e. The Bertz CT molecular complexity index is 980. The van der Waals surface area contributed by atoms with Gasteiger partial charge in [-0.3, -0.25) is 9.59 Å². The summed E-state index contributed by atoms with van der Waals surface area (Å²) in [6.07, 6.45) is -3.16. The van der Waals surface area contributed by atoms with E-state index in [1.54, 1.807) is 40.7 Å². The Kier molecular flexibility index (Phi) is 10.5. The van der Waals surface area contributed by atoms with Gasteiger partial charge in [0.2, 0.25) is 0 Å². The van der Waals surface area contributed by atoms with Crippen LogP contribution >= 0.6 is 11.3 Å². The van der Waals surface area contributed by atoms with Gasteiger partial charge in [-0.15, -0.1) is 11.3 Å². The maximum absolute atomic E-state index is 13.8. The van der Waals surface area contributed by atoms with Crippen molar-refractivity contribution in [2.45, 2.75) is 98.5 Å². The average molecular weight is 530 g/mol. The molecule has 0 radical (unpaired) electrons. The fourth-order valence-corrected chi connectivity index (χ4v) is 5.08. The Labute approximate surface area is 215 Å². The summed E-state index contributed by atoms with van der Waals surface area (Å²) in [5, 5.41) is 13.4. The molecule has 0 saturated carbocycles. The van der Waals surface area contributed by atoms with Crippen LogP contribution in [0.1, 0.15) is 83.8 Å². The second-order valence-corrected chi connectivity index (χ2v) is 11.6. The van der Waals surface area contributed by atoms with Crippen molar-refractivity contribution >= 4 is 29.2 Å². The van der Waals surface area contributed by atoms with Crippen LogP contribution in [0.2, 0.25) is 0 Å². The Morgan fingerprint density at radius 1 is 1.25 bits per heavy atom. The molecule has 0 bridgehead atoms. The lowest BCUT2D eigenvalue weighted by atomic mass is 9.74. The molecule has 1 aromatic rings. The van der Waals surface area contributed by atoms with E-state index in [-0.39, 0.29) is 43.8 Å². The number of Topliss-reactive ketones (excluding diaryl/α,β-unsaturated/α-hetero) is 1. The number of aryl methyl sites for hydroxylation is 1. The highest BCUT2D eigenvalue weighted by Gasteiger charge is 2.38. The molecule has 1 N–H and O–H groups in total. The number of cyclic esters (lactones) is 1. The SMILES string of the molecule is C/C(=C\c1csc(C)n1)[C@@H]1C/C=C(/C(F)(F)F)CCC[C@H](C)[C@H](O)[C@@H](C)C(=O)C(C)(C)CCC(=O)O1. The van der Waals surface area contributed by atoms with E-state index in [1.165, 1.54) is 11.3 Å². The third-order valence-corrected chi connectivity index (χ3v) is 7.76. The van der Waals surface area contributed by atoms with E-state index in [2.05, 4.69) is 4.98 Å². The first-order valence-electron chi connectivity index (χ1n) is 12.4. The van der Waals surface area contributed by atoms with Gasteiger partial charge in [-0.25, -0.2) is 4.98 Å². The Hall–Kier alpha value is -2.00. The number of carbonyl (C=O) groups is 2. The number of esters is 1. The van der Waals surface area contributed by atoms with Crippen LogP contribution in [0.5, 0.6) is 0 Å².